The number of Topliss-reactive ketones (excluding diaryl/α,β-unsaturated/α-hetero) is 1. The number of likely N-dealkylation sites (tertiary alicyclic amines) is 2. The van der Waals surface area contributed by atoms with Crippen LogP contribution in [0.2, 0.25) is 0 Å². The molecule has 0 bridgehead atoms. The van der Waals surface area contributed by atoms with Gasteiger partial charge in [0.25, 0.3) is 5.91 Å². The van der Waals surface area contributed by atoms with Gasteiger partial charge in [0.15, 0.2) is 0 Å². The number of aromatic nitrogens is 2. The average molecular weight is 576 g/mol. The molecule has 1 aliphatic carbocycles. The van der Waals surface area contributed by atoms with Crippen molar-refractivity contribution in [2.45, 2.75) is 45.6 Å². The quantitative estimate of drug-likeness (QED) is 0.436. The Morgan fingerprint density at radius 2 is 1.69 bits per heavy atom. The maximum Gasteiger partial charge on any atom is 0.257 e. The number of likely N-dealkylation sites (N-methyl/N-ethyl adjacent to an activating group) is 1. The summed E-state index contributed by atoms with van der Waals surface area (Å²) in [5, 5.41) is 3.23. The molecule has 3 amide bonds. The Kier molecular flexibility index (Phi) is 8.86. The number of hydrogen-bond acceptors (Lipinski definition) is 8. The molecule has 3 aliphatic rings. The van der Waals surface area contributed by atoms with Crippen LogP contribution < -0.4 is 16.0 Å². The third kappa shape index (κ3) is 6.61. The van der Waals surface area contributed by atoms with Crippen LogP contribution in [-0.2, 0) is 14.4 Å². The van der Waals surface area contributed by atoms with Crippen molar-refractivity contribution < 1.29 is 19.2 Å². The van der Waals surface area contributed by atoms with E-state index in [1.54, 1.807) is 25.8 Å². The Morgan fingerprint density at radius 1 is 1.05 bits per heavy atom. The van der Waals surface area contributed by atoms with Crippen LogP contribution in [0.1, 0.15) is 59.0 Å². The summed E-state index contributed by atoms with van der Waals surface area (Å²) in [5.41, 5.74) is 8.08. The predicted molar refractivity (Wildman–Crippen MR) is 158 cm³/mol. The molecule has 11 nitrogen and oxygen atoms in total. The van der Waals surface area contributed by atoms with Gasteiger partial charge in [0.05, 0.1) is 29.5 Å². The van der Waals surface area contributed by atoms with Crippen LogP contribution in [-0.4, -0.2) is 89.6 Å². The zero-order chi connectivity index (χ0) is 30.0. The van der Waals surface area contributed by atoms with Crippen LogP contribution in [0.4, 0.5) is 5.95 Å². The second-order valence-corrected chi connectivity index (χ2v) is 12.1. The van der Waals surface area contributed by atoms with E-state index >= 15 is 0 Å². The minimum Gasteiger partial charge on any atom is -0.368 e. The number of anilines is 1. The van der Waals surface area contributed by atoms with Crippen molar-refractivity contribution >= 4 is 29.5 Å². The molecular weight excluding hydrogens is 534 g/mol. The lowest BCUT2D eigenvalue weighted by Gasteiger charge is -2.26. The Labute approximate surface area is 246 Å². The molecule has 4 atom stereocenters. The van der Waals surface area contributed by atoms with Gasteiger partial charge in [-0.1, -0.05) is 30.3 Å². The highest BCUT2D eigenvalue weighted by molar-refractivity contribution is 5.96. The van der Waals surface area contributed by atoms with Gasteiger partial charge in [-0.15, -0.1) is 0 Å². The number of amides is 3. The monoisotopic (exact) mass is 575 g/mol. The number of primary amides is 1. The highest BCUT2D eigenvalue weighted by atomic mass is 16.2. The Balaban J connectivity index is 1.17. The molecule has 0 radical (unpaired) electrons. The number of nitrogens with zero attached hydrogens (tertiary/aromatic N) is 5. The van der Waals surface area contributed by atoms with Crippen molar-refractivity contribution in [3.05, 3.63) is 52.8 Å². The van der Waals surface area contributed by atoms with Gasteiger partial charge in [-0.05, 0) is 44.1 Å². The molecular formula is C31H41N7O4. The highest BCUT2D eigenvalue weighted by Gasteiger charge is 2.42. The largest absolute Gasteiger partial charge is 0.368 e. The van der Waals surface area contributed by atoms with Crippen molar-refractivity contribution in [3.8, 4) is 0 Å². The van der Waals surface area contributed by atoms with Gasteiger partial charge < -0.3 is 25.8 Å². The van der Waals surface area contributed by atoms with Crippen molar-refractivity contribution in [3.63, 3.8) is 0 Å². The van der Waals surface area contributed by atoms with E-state index in [1.807, 2.05) is 35.2 Å². The summed E-state index contributed by atoms with van der Waals surface area (Å²) in [6.45, 7) is 7.64. The lowest BCUT2D eigenvalue weighted by molar-refractivity contribution is -0.127. The molecule has 0 spiro atoms. The zero-order valence-corrected chi connectivity index (χ0v) is 24.7. The normalized spacial score (nSPS) is 22.7. The summed E-state index contributed by atoms with van der Waals surface area (Å²) in [4.78, 5) is 64.4. The molecule has 3 N–H and O–H groups in total. The maximum atomic E-state index is 13.5. The topological polar surface area (TPSA) is 142 Å². The lowest BCUT2D eigenvalue weighted by Crippen LogP contribution is -2.37. The molecule has 1 saturated carbocycles. The second-order valence-electron chi connectivity index (χ2n) is 12.1. The molecule has 3 heterocycles. The number of carbonyl (C=O) groups excluding carboxylic acids is 4. The summed E-state index contributed by atoms with van der Waals surface area (Å²) >= 11 is 0. The third-order valence-electron chi connectivity index (χ3n) is 8.93. The number of fused-ring (bicyclic) bond motifs is 1. The van der Waals surface area contributed by atoms with E-state index in [-0.39, 0.29) is 36.1 Å². The summed E-state index contributed by atoms with van der Waals surface area (Å²) in [5.74, 6) is 0.564. The first-order valence-corrected chi connectivity index (χ1v) is 14.8. The molecule has 42 heavy (non-hydrogen) atoms. The van der Waals surface area contributed by atoms with E-state index < -0.39 is 5.91 Å². The lowest BCUT2D eigenvalue weighted by atomic mass is 10.0. The van der Waals surface area contributed by atoms with E-state index in [1.165, 1.54) is 0 Å². The minimum atomic E-state index is -0.476. The summed E-state index contributed by atoms with van der Waals surface area (Å²) in [6, 6.07) is 9.93. The molecule has 11 heteroatoms. The van der Waals surface area contributed by atoms with Crippen LogP contribution in [0, 0.1) is 31.6 Å². The molecule has 2 aromatic rings. The highest BCUT2D eigenvalue weighted by Crippen LogP contribution is 2.33. The van der Waals surface area contributed by atoms with Gasteiger partial charge in [0, 0.05) is 58.5 Å². The average Bonchev–Trinajstić information content (AvgIpc) is 3.65. The number of hydrogen-bond donors (Lipinski definition) is 2. The minimum absolute atomic E-state index is 0.00183. The summed E-state index contributed by atoms with van der Waals surface area (Å²) in [6.07, 6.45) is 2.26. The molecule has 5 rings (SSSR count). The number of benzene rings is 1. The van der Waals surface area contributed by atoms with E-state index in [0.717, 1.165) is 31.6 Å². The summed E-state index contributed by atoms with van der Waals surface area (Å²) < 4.78 is 0. The Bertz CT molecular complexity index is 1310. The van der Waals surface area contributed by atoms with Gasteiger partial charge in [-0.25, -0.2) is 9.97 Å². The van der Waals surface area contributed by atoms with Gasteiger partial charge in [0.2, 0.25) is 17.8 Å². The Hall–Kier alpha value is -3.86. The van der Waals surface area contributed by atoms with Gasteiger partial charge in [0.1, 0.15) is 5.78 Å². The molecule has 3 unspecified atom stereocenters. The smallest absolute Gasteiger partial charge is 0.257 e. The zero-order valence-electron chi connectivity index (χ0n) is 24.7. The number of carbonyl (C=O) groups is 4. The maximum absolute atomic E-state index is 13.5. The first-order valence-electron chi connectivity index (χ1n) is 14.8. The fraction of sp³-hybridized carbons (Fsp3) is 0.548. The molecule has 3 fully saturated rings. The number of ketones is 1. The van der Waals surface area contributed by atoms with Crippen molar-refractivity contribution in [1.29, 1.82) is 0 Å². The third-order valence-corrected chi connectivity index (χ3v) is 8.93. The van der Waals surface area contributed by atoms with Crippen molar-refractivity contribution in [2.75, 3.05) is 51.2 Å². The van der Waals surface area contributed by atoms with Crippen LogP contribution in [0.3, 0.4) is 0 Å². The van der Waals surface area contributed by atoms with E-state index in [9.17, 15) is 19.2 Å². The first-order chi connectivity index (χ1) is 20.1. The number of nitrogens with one attached hydrogen (secondary N) is 1. The van der Waals surface area contributed by atoms with Gasteiger partial charge >= 0.3 is 0 Å². The first kappa shape index (κ1) is 29.6. The number of aryl methyl sites for hydroxylation is 2. The van der Waals surface area contributed by atoms with Crippen LogP contribution in [0.25, 0.3) is 0 Å². The summed E-state index contributed by atoms with van der Waals surface area (Å²) in [7, 11) is 1.70. The molecule has 2 aliphatic heterocycles. The van der Waals surface area contributed by atoms with Crippen LogP contribution in [0.15, 0.2) is 30.3 Å². The van der Waals surface area contributed by atoms with Crippen LogP contribution >= 0.6 is 0 Å². The van der Waals surface area contributed by atoms with Crippen molar-refractivity contribution in [2.24, 2.45) is 23.5 Å². The van der Waals surface area contributed by atoms with E-state index in [4.69, 9.17) is 5.73 Å². The fourth-order valence-corrected chi connectivity index (χ4v) is 6.73. The van der Waals surface area contributed by atoms with Crippen LogP contribution in [0.5, 0.6) is 0 Å². The standard InChI is InChI=1S/C31H41N7O4/c1-19-28(20(2)34-31(33-19)36(3)18-27(32)40)30(42)38-16-23-14-37(15-24(23)17-38)12-11-26(21-7-5-4-6-8-21)35-29(41)22-9-10-25(39)13-22/h4-8,22-24,26H,9-18H2,1-3H3,(H2,32,40)(H,35,41)/t22?,23?,24?,26-/m0/s1. The second kappa shape index (κ2) is 12.6. The number of rotatable bonds is 10. The number of nitrogens with two attached hydrogens (primary N) is 1. The fourth-order valence-electron chi connectivity index (χ4n) is 6.73. The molecule has 2 saturated heterocycles. The van der Waals surface area contributed by atoms with Gasteiger partial charge in [-0.3, -0.25) is 19.2 Å². The molecule has 224 valence electrons. The molecule has 1 aromatic heterocycles. The van der Waals surface area contributed by atoms with Crippen molar-refractivity contribution in [1.82, 2.24) is 25.1 Å². The van der Waals surface area contributed by atoms with E-state index in [0.29, 0.717) is 67.1 Å². The van der Waals surface area contributed by atoms with Gasteiger partial charge in [-0.2, -0.15) is 0 Å². The predicted octanol–water partition coefficient (Wildman–Crippen LogP) is 1.64. The SMILES string of the molecule is Cc1nc(N(C)CC(N)=O)nc(C)c1C(=O)N1CC2CN(CC[C@H](NC(=O)C3CCC(=O)C3)c3ccccc3)CC2C1. The molecule has 1 aromatic carbocycles. The Morgan fingerprint density at radius 3 is 2.26 bits per heavy atom. The van der Waals surface area contributed by atoms with E-state index in [2.05, 4.69) is 20.2 Å².